The molecule has 1 heterocycles. The number of hydrazine groups is 1. The zero-order chi connectivity index (χ0) is 12.1. The zero-order valence-electron chi connectivity index (χ0n) is 8.62. The second-order valence-corrected chi connectivity index (χ2v) is 2.95. The maximum atomic E-state index is 10.7. The van der Waals surface area contributed by atoms with Crippen molar-refractivity contribution in [2.75, 3.05) is 30.5 Å². The highest BCUT2D eigenvalue weighted by Gasteiger charge is 2.20. The van der Waals surface area contributed by atoms with E-state index in [0.29, 0.717) is 0 Å². The molecule has 0 bridgehead atoms. The molecule has 0 saturated carbocycles. The molecule has 9 heteroatoms. The Hall–Kier alpha value is -2.00. The lowest BCUT2D eigenvalue weighted by atomic mass is 10.4. The van der Waals surface area contributed by atoms with Crippen LogP contribution in [0.4, 0.5) is 17.5 Å². The molecule has 88 valence electrons. The summed E-state index contributed by atoms with van der Waals surface area (Å²) in [7, 11) is 1.58. The van der Waals surface area contributed by atoms with Crippen molar-refractivity contribution in [1.82, 2.24) is 9.97 Å². The molecule has 1 rings (SSSR count). The number of nitrogens with zero attached hydrogens (tertiary/aromatic N) is 4. The van der Waals surface area contributed by atoms with Crippen molar-refractivity contribution < 1.29 is 10.0 Å². The molecule has 4 N–H and O–H groups in total. The number of aromatic nitrogens is 2. The highest BCUT2D eigenvalue weighted by molar-refractivity contribution is 5.58. The van der Waals surface area contributed by atoms with Crippen LogP contribution in [-0.4, -0.2) is 40.2 Å². The van der Waals surface area contributed by atoms with E-state index in [2.05, 4.69) is 15.4 Å². The molecule has 0 radical (unpaired) electrons. The van der Waals surface area contributed by atoms with Crippen LogP contribution in [0.3, 0.4) is 0 Å². The molecule has 0 spiro atoms. The Morgan fingerprint density at radius 3 is 2.94 bits per heavy atom. The Kier molecular flexibility index (Phi) is 3.91. The highest BCUT2D eigenvalue weighted by Crippen LogP contribution is 2.24. The van der Waals surface area contributed by atoms with Crippen molar-refractivity contribution in [3.8, 4) is 0 Å². The van der Waals surface area contributed by atoms with Gasteiger partial charge in [0, 0.05) is 13.6 Å². The number of rotatable bonds is 5. The lowest BCUT2D eigenvalue weighted by Gasteiger charge is -2.16. The summed E-state index contributed by atoms with van der Waals surface area (Å²) in [6, 6.07) is 0. The van der Waals surface area contributed by atoms with Crippen LogP contribution in [0, 0.1) is 10.1 Å². The Morgan fingerprint density at radius 1 is 1.75 bits per heavy atom. The van der Waals surface area contributed by atoms with Gasteiger partial charge < -0.3 is 10.0 Å². The van der Waals surface area contributed by atoms with Gasteiger partial charge in [-0.15, -0.1) is 0 Å². The summed E-state index contributed by atoms with van der Waals surface area (Å²) < 4.78 is 0. The molecule has 0 aliphatic heterocycles. The Morgan fingerprint density at radius 2 is 2.44 bits per heavy atom. The Balaban J connectivity index is 3.14. The van der Waals surface area contributed by atoms with Gasteiger partial charge in [-0.2, -0.15) is 4.98 Å². The van der Waals surface area contributed by atoms with E-state index in [1.807, 2.05) is 0 Å². The average Bonchev–Trinajstić information content (AvgIpc) is 2.28. The molecule has 0 aliphatic rings. The van der Waals surface area contributed by atoms with Crippen molar-refractivity contribution in [2.24, 2.45) is 5.84 Å². The largest absolute Gasteiger partial charge is 0.395 e. The molecule has 0 amide bonds. The maximum Gasteiger partial charge on any atom is 0.329 e. The lowest BCUT2D eigenvalue weighted by Crippen LogP contribution is -2.24. The molecular formula is C7H12N6O3. The minimum absolute atomic E-state index is 0.0744. The molecule has 0 saturated heterocycles. The number of likely N-dealkylation sites (N-methyl/N-ethyl adjacent to an activating group) is 1. The topological polar surface area (TPSA) is 130 Å². The molecule has 0 aliphatic carbocycles. The third-order valence-electron chi connectivity index (χ3n) is 1.87. The van der Waals surface area contributed by atoms with E-state index >= 15 is 0 Å². The zero-order valence-corrected chi connectivity index (χ0v) is 8.62. The van der Waals surface area contributed by atoms with Gasteiger partial charge in [0.05, 0.1) is 11.5 Å². The van der Waals surface area contributed by atoms with Crippen molar-refractivity contribution in [1.29, 1.82) is 0 Å². The number of aliphatic hydroxyl groups excluding tert-OH is 1. The maximum absolute atomic E-state index is 10.7. The summed E-state index contributed by atoms with van der Waals surface area (Å²) in [4.78, 5) is 19.1. The summed E-state index contributed by atoms with van der Waals surface area (Å²) in [6.45, 7) is 0.0882. The first-order chi connectivity index (χ1) is 7.60. The SMILES string of the molecule is CN(CCO)c1nc(NN)ncc1[N+](=O)[O-]. The molecule has 16 heavy (non-hydrogen) atoms. The average molecular weight is 228 g/mol. The van der Waals surface area contributed by atoms with E-state index in [-0.39, 0.29) is 30.6 Å². The van der Waals surface area contributed by atoms with Crippen LogP contribution >= 0.6 is 0 Å². The van der Waals surface area contributed by atoms with Crippen molar-refractivity contribution >= 4 is 17.5 Å². The van der Waals surface area contributed by atoms with Gasteiger partial charge in [0.15, 0.2) is 0 Å². The molecule has 0 unspecified atom stereocenters. The van der Waals surface area contributed by atoms with Crippen LogP contribution in [0.1, 0.15) is 0 Å². The van der Waals surface area contributed by atoms with Crippen LogP contribution in [0.5, 0.6) is 0 Å². The fourth-order valence-electron chi connectivity index (χ4n) is 1.10. The summed E-state index contributed by atoms with van der Waals surface area (Å²) >= 11 is 0. The fourth-order valence-corrected chi connectivity index (χ4v) is 1.10. The first-order valence-corrected chi connectivity index (χ1v) is 4.40. The smallest absolute Gasteiger partial charge is 0.329 e. The van der Waals surface area contributed by atoms with Gasteiger partial charge in [-0.3, -0.25) is 15.5 Å². The second-order valence-electron chi connectivity index (χ2n) is 2.95. The Labute approximate surface area is 91.0 Å². The molecule has 0 aromatic carbocycles. The molecular weight excluding hydrogens is 216 g/mol. The van der Waals surface area contributed by atoms with E-state index in [4.69, 9.17) is 10.9 Å². The number of aliphatic hydroxyl groups is 1. The summed E-state index contributed by atoms with van der Waals surface area (Å²) in [5.74, 6) is 5.28. The van der Waals surface area contributed by atoms with E-state index in [0.717, 1.165) is 6.20 Å². The van der Waals surface area contributed by atoms with Gasteiger partial charge in [-0.1, -0.05) is 0 Å². The number of hydrogen-bond acceptors (Lipinski definition) is 8. The van der Waals surface area contributed by atoms with Crippen LogP contribution in [0.25, 0.3) is 0 Å². The number of nitrogens with one attached hydrogen (secondary N) is 1. The minimum atomic E-state index is -0.594. The number of hydrogen-bond donors (Lipinski definition) is 3. The summed E-state index contributed by atoms with van der Waals surface area (Å²) in [5.41, 5.74) is 1.96. The van der Waals surface area contributed by atoms with Gasteiger partial charge in [0.2, 0.25) is 11.8 Å². The lowest BCUT2D eigenvalue weighted by molar-refractivity contribution is -0.384. The molecule has 0 fully saturated rings. The quantitative estimate of drug-likeness (QED) is 0.335. The molecule has 1 aromatic rings. The third-order valence-corrected chi connectivity index (χ3v) is 1.87. The predicted molar refractivity (Wildman–Crippen MR) is 56.9 cm³/mol. The van der Waals surface area contributed by atoms with Gasteiger partial charge in [-0.25, -0.2) is 10.8 Å². The minimum Gasteiger partial charge on any atom is -0.395 e. The van der Waals surface area contributed by atoms with Crippen molar-refractivity contribution in [3.63, 3.8) is 0 Å². The van der Waals surface area contributed by atoms with Crippen LogP contribution < -0.4 is 16.2 Å². The summed E-state index contributed by atoms with van der Waals surface area (Å²) in [5, 5.41) is 19.5. The van der Waals surface area contributed by atoms with Crippen molar-refractivity contribution in [2.45, 2.75) is 0 Å². The first kappa shape index (κ1) is 12.1. The van der Waals surface area contributed by atoms with E-state index in [1.165, 1.54) is 4.90 Å². The van der Waals surface area contributed by atoms with Gasteiger partial charge in [-0.05, 0) is 0 Å². The van der Waals surface area contributed by atoms with E-state index in [1.54, 1.807) is 7.05 Å². The van der Waals surface area contributed by atoms with Crippen LogP contribution in [-0.2, 0) is 0 Å². The van der Waals surface area contributed by atoms with Crippen molar-refractivity contribution in [3.05, 3.63) is 16.3 Å². The van der Waals surface area contributed by atoms with E-state index < -0.39 is 4.92 Å². The van der Waals surface area contributed by atoms with Gasteiger partial charge >= 0.3 is 5.69 Å². The predicted octanol–water partition coefficient (Wildman–Crippen LogP) is -0.901. The van der Waals surface area contributed by atoms with E-state index in [9.17, 15) is 10.1 Å². The molecule has 1 aromatic heterocycles. The third kappa shape index (κ3) is 2.52. The fraction of sp³-hybridized carbons (Fsp3) is 0.429. The second kappa shape index (κ2) is 5.19. The number of nitro groups is 1. The number of anilines is 2. The normalized spacial score (nSPS) is 9.94. The van der Waals surface area contributed by atoms with Gasteiger partial charge in [0.1, 0.15) is 6.20 Å². The summed E-state index contributed by atoms with van der Waals surface area (Å²) in [6.07, 6.45) is 1.06. The Bertz CT molecular complexity index is 384. The standard InChI is InChI=1S/C7H12N6O3/c1-12(2-3-14)6-5(13(15)16)4-9-7(10-6)11-8/h4,14H,2-3,8H2,1H3,(H,9,10,11). The van der Waals surface area contributed by atoms with Crippen LogP contribution in [0.15, 0.2) is 6.20 Å². The molecule has 0 atom stereocenters. The molecule has 9 nitrogen and oxygen atoms in total. The van der Waals surface area contributed by atoms with Crippen LogP contribution in [0.2, 0.25) is 0 Å². The number of nitrogen functional groups attached to an aromatic ring is 1. The first-order valence-electron chi connectivity index (χ1n) is 4.40. The number of nitrogens with two attached hydrogens (primary N) is 1. The highest BCUT2D eigenvalue weighted by atomic mass is 16.6. The van der Waals surface area contributed by atoms with Gasteiger partial charge in [0.25, 0.3) is 0 Å². The monoisotopic (exact) mass is 228 g/mol.